The number of rotatable bonds is 5. The van der Waals surface area contributed by atoms with E-state index in [0.717, 1.165) is 19.3 Å². The van der Waals surface area contributed by atoms with Crippen molar-refractivity contribution in [3.8, 4) is 0 Å². The van der Waals surface area contributed by atoms with Crippen LogP contribution in [0.4, 0.5) is 0 Å². The lowest BCUT2D eigenvalue weighted by atomic mass is 9.98. The normalized spacial score (nSPS) is 17.3. The van der Waals surface area contributed by atoms with Crippen molar-refractivity contribution in [2.45, 2.75) is 45.3 Å². The van der Waals surface area contributed by atoms with Gasteiger partial charge in [0.2, 0.25) is 0 Å². The van der Waals surface area contributed by atoms with Gasteiger partial charge < -0.3 is 0 Å². The van der Waals surface area contributed by atoms with Crippen molar-refractivity contribution >= 4 is 10.1 Å². The summed E-state index contributed by atoms with van der Waals surface area (Å²) in [5.41, 5.74) is 0. The highest BCUT2D eigenvalue weighted by atomic mass is 32.2. The van der Waals surface area contributed by atoms with E-state index in [0.29, 0.717) is 0 Å². The van der Waals surface area contributed by atoms with Crippen molar-refractivity contribution in [3.63, 3.8) is 0 Å². The Labute approximate surface area is 74.9 Å². The van der Waals surface area contributed by atoms with E-state index in [9.17, 15) is 8.42 Å². The molecule has 0 aromatic carbocycles. The number of hydrogen-bond donors (Lipinski definition) is 1. The van der Waals surface area contributed by atoms with Crippen molar-refractivity contribution in [2.75, 3.05) is 0 Å². The molecule has 0 aliphatic rings. The molecule has 0 bridgehead atoms. The van der Waals surface area contributed by atoms with Crippen LogP contribution < -0.4 is 0 Å². The van der Waals surface area contributed by atoms with E-state index in [4.69, 9.17) is 4.55 Å². The second kappa shape index (κ2) is 4.82. The Hall–Kier alpha value is -0.0900. The van der Waals surface area contributed by atoms with Crippen LogP contribution in [0.2, 0.25) is 0 Å². The van der Waals surface area contributed by atoms with Gasteiger partial charge >= 0.3 is 0 Å². The summed E-state index contributed by atoms with van der Waals surface area (Å²) in [7, 11) is -3.84. The first-order valence-electron chi connectivity index (χ1n) is 4.39. The predicted molar refractivity (Wildman–Crippen MR) is 49.7 cm³/mol. The van der Waals surface area contributed by atoms with E-state index in [-0.39, 0.29) is 5.92 Å². The summed E-state index contributed by atoms with van der Waals surface area (Å²) >= 11 is 0. The van der Waals surface area contributed by atoms with Gasteiger partial charge in [0.05, 0.1) is 5.25 Å². The molecule has 4 heteroatoms. The maximum absolute atomic E-state index is 10.8. The van der Waals surface area contributed by atoms with Crippen LogP contribution in [-0.2, 0) is 10.1 Å². The molecule has 0 amide bonds. The fourth-order valence-corrected chi connectivity index (χ4v) is 2.20. The van der Waals surface area contributed by atoms with Gasteiger partial charge in [-0.2, -0.15) is 8.42 Å². The minimum absolute atomic E-state index is 0.0880. The van der Waals surface area contributed by atoms with Gasteiger partial charge in [0, 0.05) is 0 Å². The van der Waals surface area contributed by atoms with E-state index in [2.05, 4.69) is 0 Å². The molecule has 0 rings (SSSR count). The molecule has 0 saturated heterocycles. The summed E-state index contributed by atoms with van der Waals surface area (Å²) in [5, 5.41) is -0.623. The van der Waals surface area contributed by atoms with Crippen molar-refractivity contribution in [3.05, 3.63) is 0 Å². The van der Waals surface area contributed by atoms with Gasteiger partial charge in [0.25, 0.3) is 10.1 Å². The lowest BCUT2D eigenvalue weighted by Gasteiger charge is -2.18. The third-order valence-electron chi connectivity index (χ3n) is 2.32. The minimum Gasteiger partial charge on any atom is -0.285 e. The smallest absolute Gasteiger partial charge is 0.267 e. The standard InChI is InChI=1S/C8H18O3S/c1-4-6-8(5-2)7(3)12(9,10)11/h7-8H,4-6H2,1-3H3,(H,9,10,11). The third-order valence-corrected chi connectivity index (χ3v) is 3.64. The zero-order chi connectivity index (χ0) is 9.78. The highest BCUT2D eigenvalue weighted by Gasteiger charge is 2.25. The zero-order valence-corrected chi connectivity index (χ0v) is 8.76. The summed E-state index contributed by atoms with van der Waals surface area (Å²) in [6.07, 6.45) is 2.62. The van der Waals surface area contributed by atoms with Crippen LogP contribution in [0.5, 0.6) is 0 Å². The molecule has 0 saturated carbocycles. The first-order chi connectivity index (χ1) is 5.43. The van der Waals surface area contributed by atoms with Crippen LogP contribution in [0.15, 0.2) is 0 Å². The molecule has 0 radical (unpaired) electrons. The summed E-state index contributed by atoms with van der Waals surface area (Å²) in [6.45, 7) is 5.53. The molecule has 1 N–H and O–H groups in total. The highest BCUT2D eigenvalue weighted by molar-refractivity contribution is 7.86. The lowest BCUT2D eigenvalue weighted by molar-refractivity contribution is 0.402. The van der Waals surface area contributed by atoms with E-state index >= 15 is 0 Å². The lowest BCUT2D eigenvalue weighted by Crippen LogP contribution is -2.25. The fourth-order valence-electron chi connectivity index (χ4n) is 1.38. The Balaban J connectivity index is 4.31. The van der Waals surface area contributed by atoms with Crippen LogP contribution >= 0.6 is 0 Å². The molecule has 2 atom stereocenters. The molecule has 0 spiro atoms. The maximum atomic E-state index is 10.8. The molecule has 12 heavy (non-hydrogen) atoms. The van der Waals surface area contributed by atoms with Crippen LogP contribution in [0.25, 0.3) is 0 Å². The Morgan fingerprint density at radius 3 is 2.08 bits per heavy atom. The molecule has 0 aliphatic carbocycles. The van der Waals surface area contributed by atoms with Crippen LogP contribution in [-0.4, -0.2) is 18.2 Å². The van der Waals surface area contributed by atoms with Gasteiger partial charge in [-0.05, 0) is 19.3 Å². The van der Waals surface area contributed by atoms with E-state index in [1.807, 2.05) is 13.8 Å². The van der Waals surface area contributed by atoms with Crippen molar-refractivity contribution < 1.29 is 13.0 Å². The first-order valence-corrected chi connectivity index (χ1v) is 5.90. The van der Waals surface area contributed by atoms with Crippen LogP contribution in [0, 0.1) is 5.92 Å². The Bertz CT molecular complexity index is 208. The largest absolute Gasteiger partial charge is 0.285 e. The second-order valence-corrected chi connectivity index (χ2v) is 4.95. The topological polar surface area (TPSA) is 54.4 Å². The molecule has 0 fully saturated rings. The summed E-state index contributed by atoms with van der Waals surface area (Å²) in [5.74, 6) is 0.0880. The van der Waals surface area contributed by atoms with Gasteiger partial charge in [0.1, 0.15) is 0 Å². The number of hydrogen-bond acceptors (Lipinski definition) is 2. The molecule has 0 aliphatic heterocycles. The summed E-state index contributed by atoms with van der Waals surface area (Å²) < 4.78 is 30.3. The van der Waals surface area contributed by atoms with Crippen LogP contribution in [0.3, 0.4) is 0 Å². The summed E-state index contributed by atoms with van der Waals surface area (Å²) in [4.78, 5) is 0. The average Bonchev–Trinajstić information content (AvgIpc) is 1.97. The van der Waals surface area contributed by atoms with Gasteiger partial charge in [-0.3, -0.25) is 4.55 Å². The molecule has 3 nitrogen and oxygen atoms in total. The average molecular weight is 194 g/mol. The summed E-state index contributed by atoms with van der Waals surface area (Å²) in [6, 6.07) is 0. The molecule has 0 aromatic rings. The highest BCUT2D eigenvalue weighted by Crippen LogP contribution is 2.20. The Morgan fingerprint density at radius 1 is 1.33 bits per heavy atom. The molecule has 2 unspecified atom stereocenters. The van der Waals surface area contributed by atoms with E-state index in [1.54, 1.807) is 6.92 Å². The van der Waals surface area contributed by atoms with Gasteiger partial charge in [-0.15, -0.1) is 0 Å². The maximum Gasteiger partial charge on any atom is 0.267 e. The van der Waals surface area contributed by atoms with Crippen LogP contribution in [0.1, 0.15) is 40.0 Å². The third kappa shape index (κ3) is 3.54. The molecular weight excluding hydrogens is 176 g/mol. The molecule has 0 aromatic heterocycles. The SMILES string of the molecule is CCCC(CC)C(C)S(=O)(=O)O. The first kappa shape index (κ1) is 11.9. The van der Waals surface area contributed by atoms with Gasteiger partial charge in [0.15, 0.2) is 0 Å². The molecule has 0 heterocycles. The Morgan fingerprint density at radius 2 is 1.83 bits per heavy atom. The monoisotopic (exact) mass is 194 g/mol. The second-order valence-electron chi connectivity index (χ2n) is 3.18. The molecule has 74 valence electrons. The fraction of sp³-hybridized carbons (Fsp3) is 1.00. The Kier molecular flexibility index (Phi) is 4.78. The minimum atomic E-state index is -3.84. The predicted octanol–water partition coefficient (Wildman–Crippen LogP) is 2.09. The zero-order valence-electron chi connectivity index (χ0n) is 7.95. The van der Waals surface area contributed by atoms with E-state index < -0.39 is 15.4 Å². The van der Waals surface area contributed by atoms with E-state index in [1.165, 1.54) is 0 Å². The van der Waals surface area contributed by atoms with Crippen molar-refractivity contribution in [2.24, 2.45) is 5.92 Å². The van der Waals surface area contributed by atoms with Crippen molar-refractivity contribution in [1.82, 2.24) is 0 Å². The van der Waals surface area contributed by atoms with Crippen molar-refractivity contribution in [1.29, 1.82) is 0 Å². The molecular formula is C8H18O3S. The van der Waals surface area contributed by atoms with Gasteiger partial charge in [-0.25, -0.2) is 0 Å². The quantitative estimate of drug-likeness (QED) is 0.682. The van der Waals surface area contributed by atoms with Gasteiger partial charge in [-0.1, -0.05) is 26.7 Å².